The summed E-state index contributed by atoms with van der Waals surface area (Å²) in [6.07, 6.45) is 2.08. The highest BCUT2D eigenvalue weighted by molar-refractivity contribution is 9.09. The van der Waals surface area contributed by atoms with Crippen molar-refractivity contribution in [2.24, 2.45) is 0 Å². The maximum atomic E-state index is 11.4. The molecular weight excluding hydrogens is 296 g/mol. The maximum absolute atomic E-state index is 11.4. The van der Waals surface area contributed by atoms with Crippen molar-refractivity contribution in [1.29, 1.82) is 0 Å². The number of amides is 1. The Balaban J connectivity index is 2.08. The molecule has 0 aliphatic heterocycles. The number of carbonyl (C=O) groups excluding carboxylic acids is 1. The molecular formula is C13H13BrN2O2. The molecule has 4 nitrogen and oxygen atoms in total. The molecule has 0 spiro atoms. The zero-order chi connectivity index (χ0) is 13.0. The van der Waals surface area contributed by atoms with Crippen LogP contribution in [0, 0.1) is 6.92 Å². The van der Waals surface area contributed by atoms with Crippen LogP contribution in [0.4, 0.5) is 5.69 Å². The first kappa shape index (κ1) is 12.8. The van der Waals surface area contributed by atoms with Gasteiger partial charge in [-0.1, -0.05) is 28.1 Å². The molecule has 0 atom stereocenters. The Morgan fingerprint density at radius 3 is 2.67 bits per heavy atom. The lowest BCUT2D eigenvalue weighted by atomic mass is 10.1. The number of oxazole rings is 1. The highest BCUT2D eigenvalue weighted by atomic mass is 79.9. The van der Waals surface area contributed by atoms with Gasteiger partial charge in [0.05, 0.1) is 0 Å². The molecule has 0 unspecified atom stereocenters. The normalized spacial score (nSPS) is 10.3. The van der Waals surface area contributed by atoms with Gasteiger partial charge in [0, 0.05) is 29.9 Å². The van der Waals surface area contributed by atoms with Crippen LogP contribution in [0.3, 0.4) is 0 Å². The van der Waals surface area contributed by atoms with E-state index in [2.05, 4.69) is 26.2 Å². The Morgan fingerprint density at radius 1 is 1.39 bits per heavy atom. The number of anilines is 1. The summed E-state index contributed by atoms with van der Waals surface area (Å²) in [4.78, 5) is 15.6. The smallest absolute Gasteiger partial charge is 0.225 e. The number of hydrogen-bond donors (Lipinski definition) is 1. The van der Waals surface area contributed by atoms with Crippen LogP contribution < -0.4 is 5.32 Å². The van der Waals surface area contributed by atoms with Gasteiger partial charge in [-0.05, 0) is 12.1 Å². The van der Waals surface area contributed by atoms with Crippen LogP contribution in [0.1, 0.15) is 12.3 Å². The van der Waals surface area contributed by atoms with E-state index in [1.807, 2.05) is 24.3 Å². The van der Waals surface area contributed by atoms with Crippen LogP contribution in [0.15, 0.2) is 34.9 Å². The van der Waals surface area contributed by atoms with Gasteiger partial charge in [0.2, 0.25) is 5.91 Å². The lowest BCUT2D eigenvalue weighted by Crippen LogP contribution is -2.11. The summed E-state index contributed by atoms with van der Waals surface area (Å²) in [6.45, 7) is 1.80. The molecule has 1 N–H and O–H groups in total. The average Bonchev–Trinajstić information content (AvgIpc) is 2.77. The van der Waals surface area contributed by atoms with Gasteiger partial charge in [-0.3, -0.25) is 4.79 Å². The zero-order valence-electron chi connectivity index (χ0n) is 9.94. The number of carbonyl (C=O) groups is 1. The summed E-state index contributed by atoms with van der Waals surface area (Å²) in [6, 6.07) is 7.51. The van der Waals surface area contributed by atoms with E-state index in [-0.39, 0.29) is 5.91 Å². The van der Waals surface area contributed by atoms with Gasteiger partial charge in [0.25, 0.3) is 0 Å². The van der Waals surface area contributed by atoms with Crippen molar-refractivity contribution in [3.63, 3.8) is 0 Å². The number of halogens is 1. The summed E-state index contributed by atoms with van der Waals surface area (Å²) in [7, 11) is 0. The minimum Gasteiger partial charge on any atom is -0.449 e. The first-order valence-electron chi connectivity index (χ1n) is 5.57. The molecule has 1 aromatic heterocycles. The summed E-state index contributed by atoms with van der Waals surface area (Å²) in [5, 5.41) is 3.48. The van der Waals surface area contributed by atoms with E-state index in [1.54, 1.807) is 13.2 Å². The van der Waals surface area contributed by atoms with Crippen molar-refractivity contribution in [3.05, 3.63) is 36.4 Å². The van der Waals surface area contributed by atoms with Crippen molar-refractivity contribution in [3.8, 4) is 11.3 Å². The first-order chi connectivity index (χ1) is 8.69. The van der Waals surface area contributed by atoms with Crippen LogP contribution in [-0.4, -0.2) is 16.2 Å². The monoisotopic (exact) mass is 308 g/mol. The van der Waals surface area contributed by atoms with Crippen LogP contribution >= 0.6 is 15.9 Å². The fourth-order valence-electron chi connectivity index (χ4n) is 1.53. The number of aryl methyl sites for hydroxylation is 1. The van der Waals surface area contributed by atoms with Crippen molar-refractivity contribution in [2.75, 3.05) is 10.6 Å². The molecule has 0 aliphatic carbocycles. The minimum atomic E-state index is -0.00287. The van der Waals surface area contributed by atoms with E-state index in [0.717, 1.165) is 16.9 Å². The third kappa shape index (κ3) is 3.20. The fourth-order valence-corrected chi connectivity index (χ4v) is 1.89. The summed E-state index contributed by atoms with van der Waals surface area (Å²) < 4.78 is 5.16. The van der Waals surface area contributed by atoms with E-state index in [4.69, 9.17) is 4.42 Å². The van der Waals surface area contributed by atoms with Crippen LogP contribution in [0.5, 0.6) is 0 Å². The van der Waals surface area contributed by atoms with E-state index in [9.17, 15) is 4.79 Å². The number of benzene rings is 1. The average molecular weight is 309 g/mol. The van der Waals surface area contributed by atoms with Crippen LogP contribution in [0.2, 0.25) is 0 Å². The Labute approximate surface area is 114 Å². The molecule has 94 valence electrons. The summed E-state index contributed by atoms with van der Waals surface area (Å²) >= 11 is 3.23. The van der Waals surface area contributed by atoms with Crippen molar-refractivity contribution in [2.45, 2.75) is 13.3 Å². The lowest BCUT2D eigenvalue weighted by molar-refractivity contribution is -0.115. The fraction of sp³-hybridized carbons (Fsp3) is 0.231. The molecule has 18 heavy (non-hydrogen) atoms. The largest absolute Gasteiger partial charge is 0.449 e. The molecule has 0 saturated carbocycles. The number of aromatic nitrogens is 1. The van der Waals surface area contributed by atoms with Gasteiger partial charge >= 0.3 is 0 Å². The molecule has 1 aromatic carbocycles. The molecule has 0 fully saturated rings. The third-order valence-corrected chi connectivity index (χ3v) is 2.80. The Hall–Kier alpha value is -1.62. The number of nitrogens with zero attached hydrogens (tertiary/aromatic N) is 1. The second-order valence-electron chi connectivity index (χ2n) is 3.82. The van der Waals surface area contributed by atoms with Gasteiger partial charge in [0.15, 0.2) is 5.89 Å². The minimum absolute atomic E-state index is 0.00287. The maximum Gasteiger partial charge on any atom is 0.225 e. The highest BCUT2D eigenvalue weighted by Gasteiger charge is 2.04. The summed E-state index contributed by atoms with van der Waals surface area (Å²) in [5.41, 5.74) is 2.54. The van der Waals surface area contributed by atoms with Crippen LogP contribution in [-0.2, 0) is 4.79 Å². The van der Waals surface area contributed by atoms with E-state index in [0.29, 0.717) is 17.6 Å². The van der Waals surface area contributed by atoms with Crippen LogP contribution in [0.25, 0.3) is 11.3 Å². The Kier molecular flexibility index (Phi) is 4.15. The Bertz CT molecular complexity index is 534. The van der Waals surface area contributed by atoms with E-state index < -0.39 is 0 Å². The number of rotatable bonds is 4. The quantitative estimate of drug-likeness (QED) is 0.881. The predicted molar refractivity (Wildman–Crippen MR) is 73.7 cm³/mol. The van der Waals surface area contributed by atoms with E-state index in [1.165, 1.54) is 0 Å². The van der Waals surface area contributed by atoms with E-state index >= 15 is 0 Å². The van der Waals surface area contributed by atoms with Gasteiger partial charge in [-0.2, -0.15) is 0 Å². The number of alkyl halides is 1. The van der Waals surface area contributed by atoms with Crippen molar-refractivity contribution < 1.29 is 9.21 Å². The molecule has 5 heteroatoms. The van der Waals surface area contributed by atoms with Gasteiger partial charge < -0.3 is 9.73 Å². The van der Waals surface area contributed by atoms with Gasteiger partial charge in [-0.25, -0.2) is 4.98 Å². The zero-order valence-corrected chi connectivity index (χ0v) is 11.5. The summed E-state index contributed by atoms with van der Waals surface area (Å²) in [5.74, 6) is 0.636. The Morgan fingerprint density at radius 2 is 2.11 bits per heavy atom. The molecule has 0 aliphatic rings. The second-order valence-corrected chi connectivity index (χ2v) is 4.61. The standard InChI is InChI=1S/C13H13BrN2O2/c1-9-15-12(8-18-9)10-2-4-11(5-3-10)16-13(17)6-7-14/h2-5,8H,6-7H2,1H3,(H,16,17). The molecule has 0 bridgehead atoms. The predicted octanol–water partition coefficient (Wildman–Crippen LogP) is 3.37. The molecule has 0 saturated heterocycles. The third-order valence-electron chi connectivity index (χ3n) is 2.40. The number of hydrogen-bond acceptors (Lipinski definition) is 3. The van der Waals surface area contributed by atoms with Gasteiger partial charge in [-0.15, -0.1) is 0 Å². The topological polar surface area (TPSA) is 55.1 Å². The number of nitrogens with one attached hydrogen (secondary N) is 1. The molecule has 2 aromatic rings. The van der Waals surface area contributed by atoms with Crippen molar-refractivity contribution >= 4 is 27.5 Å². The second kappa shape index (κ2) is 5.82. The molecule has 2 rings (SSSR count). The first-order valence-corrected chi connectivity index (χ1v) is 6.69. The molecule has 0 radical (unpaired) electrons. The van der Waals surface area contributed by atoms with Crippen molar-refractivity contribution in [1.82, 2.24) is 4.98 Å². The lowest BCUT2D eigenvalue weighted by Gasteiger charge is -2.04. The molecule has 1 amide bonds. The SMILES string of the molecule is Cc1nc(-c2ccc(NC(=O)CCBr)cc2)co1. The van der Waals surface area contributed by atoms with Gasteiger partial charge in [0.1, 0.15) is 12.0 Å². The molecule has 1 heterocycles. The highest BCUT2D eigenvalue weighted by Crippen LogP contribution is 2.20.